The Morgan fingerprint density at radius 2 is 2.46 bits per heavy atom. The molecule has 0 radical (unpaired) electrons. The average molecular weight is 175 g/mol. The molecule has 2 N–H and O–H groups in total. The highest BCUT2D eigenvalue weighted by molar-refractivity contribution is 6.04. The molecule has 0 aliphatic carbocycles. The van der Waals surface area contributed by atoms with Gasteiger partial charge in [-0.1, -0.05) is 6.08 Å². The lowest BCUT2D eigenvalue weighted by atomic mass is 9.98. The molecule has 1 rings (SSSR count). The first-order valence-electron chi connectivity index (χ1n) is 4.39. The van der Waals surface area contributed by atoms with E-state index in [4.69, 9.17) is 11.0 Å². The molecule has 0 amide bonds. The fourth-order valence-electron chi connectivity index (χ4n) is 1.41. The van der Waals surface area contributed by atoms with Gasteiger partial charge in [0.2, 0.25) is 0 Å². The molecule has 1 aliphatic rings. The molecule has 1 aliphatic heterocycles. The van der Waals surface area contributed by atoms with Crippen molar-refractivity contribution < 1.29 is 0 Å². The SMILES string of the molecule is BN1CC=C(/C(C#N)=C(/C)N)CC1. The summed E-state index contributed by atoms with van der Waals surface area (Å²) in [6.45, 7) is 3.69. The minimum absolute atomic E-state index is 0.623. The van der Waals surface area contributed by atoms with Crippen LogP contribution in [0.15, 0.2) is 22.9 Å². The maximum Gasteiger partial charge on any atom is 0.185 e. The van der Waals surface area contributed by atoms with Crippen molar-refractivity contribution in [2.45, 2.75) is 13.3 Å². The summed E-state index contributed by atoms with van der Waals surface area (Å²) in [5, 5.41) is 8.87. The van der Waals surface area contributed by atoms with Crippen molar-refractivity contribution in [1.29, 1.82) is 5.26 Å². The molecule has 68 valence electrons. The van der Waals surface area contributed by atoms with Crippen LogP contribution in [0.2, 0.25) is 0 Å². The molecular weight excluding hydrogens is 161 g/mol. The van der Waals surface area contributed by atoms with Crippen LogP contribution in [0.5, 0.6) is 0 Å². The molecule has 0 saturated carbocycles. The van der Waals surface area contributed by atoms with Crippen molar-refractivity contribution in [3.63, 3.8) is 0 Å². The van der Waals surface area contributed by atoms with Crippen molar-refractivity contribution in [3.8, 4) is 6.07 Å². The van der Waals surface area contributed by atoms with E-state index < -0.39 is 0 Å². The van der Waals surface area contributed by atoms with Gasteiger partial charge in [-0.05, 0) is 25.5 Å². The van der Waals surface area contributed by atoms with Crippen LogP contribution < -0.4 is 5.73 Å². The maximum absolute atomic E-state index is 8.87. The van der Waals surface area contributed by atoms with Crippen LogP contribution in [-0.4, -0.2) is 25.9 Å². The predicted octanol–water partition coefficient (Wildman–Crippen LogP) is -0.0771. The quantitative estimate of drug-likeness (QED) is 0.448. The van der Waals surface area contributed by atoms with Crippen molar-refractivity contribution in [2.75, 3.05) is 13.1 Å². The third kappa shape index (κ3) is 2.36. The van der Waals surface area contributed by atoms with Gasteiger partial charge in [0.15, 0.2) is 7.98 Å². The van der Waals surface area contributed by atoms with Crippen LogP contribution in [0, 0.1) is 11.3 Å². The van der Waals surface area contributed by atoms with Crippen LogP contribution in [0.4, 0.5) is 0 Å². The van der Waals surface area contributed by atoms with E-state index in [2.05, 4.69) is 24.9 Å². The Morgan fingerprint density at radius 3 is 2.85 bits per heavy atom. The monoisotopic (exact) mass is 175 g/mol. The average Bonchev–Trinajstić information content (AvgIpc) is 2.09. The predicted molar refractivity (Wildman–Crippen MR) is 55.3 cm³/mol. The minimum atomic E-state index is 0.623. The second kappa shape index (κ2) is 4.15. The van der Waals surface area contributed by atoms with Crippen molar-refractivity contribution in [3.05, 3.63) is 22.9 Å². The molecule has 0 aromatic heterocycles. The Balaban J connectivity index is 2.85. The number of hydrogen-bond acceptors (Lipinski definition) is 3. The second-order valence-electron chi connectivity index (χ2n) is 3.41. The normalized spacial score (nSPS) is 20.2. The molecular formula is C9H14BN3. The summed E-state index contributed by atoms with van der Waals surface area (Å²) in [6, 6.07) is 2.15. The summed E-state index contributed by atoms with van der Waals surface area (Å²) in [5.74, 6) is 0. The zero-order chi connectivity index (χ0) is 9.84. The van der Waals surface area contributed by atoms with Gasteiger partial charge in [-0.2, -0.15) is 5.26 Å². The maximum atomic E-state index is 8.87. The second-order valence-corrected chi connectivity index (χ2v) is 3.41. The minimum Gasteiger partial charge on any atom is -0.401 e. The number of hydrogen-bond donors (Lipinski definition) is 1. The summed E-state index contributed by atoms with van der Waals surface area (Å²) in [6.07, 6.45) is 3.01. The van der Waals surface area contributed by atoms with Crippen LogP contribution in [-0.2, 0) is 0 Å². The standard InChI is InChI=1S/C9H14BN3/c1-7(12)9(6-11)8-2-4-13(10)5-3-8/h2H,3-5,10,12H2,1H3/b9-7-. The lowest BCUT2D eigenvalue weighted by Crippen LogP contribution is -2.26. The van der Waals surface area contributed by atoms with Gasteiger partial charge in [-0.3, -0.25) is 0 Å². The van der Waals surface area contributed by atoms with Crippen LogP contribution >= 0.6 is 0 Å². The fraction of sp³-hybridized carbons (Fsp3) is 0.444. The number of nitrogens with two attached hydrogens (primary N) is 1. The summed E-state index contributed by atoms with van der Waals surface area (Å²) in [4.78, 5) is 2.21. The van der Waals surface area contributed by atoms with Crippen molar-refractivity contribution in [2.24, 2.45) is 5.73 Å². The molecule has 0 fully saturated rings. The first-order valence-corrected chi connectivity index (χ1v) is 4.39. The largest absolute Gasteiger partial charge is 0.401 e. The van der Waals surface area contributed by atoms with Gasteiger partial charge in [-0.15, -0.1) is 0 Å². The Kier molecular flexibility index (Phi) is 3.15. The smallest absolute Gasteiger partial charge is 0.185 e. The van der Waals surface area contributed by atoms with Gasteiger partial charge in [-0.25, -0.2) is 0 Å². The third-order valence-electron chi connectivity index (χ3n) is 2.24. The van der Waals surface area contributed by atoms with Gasteiger partial charge in [0.25, 0.3) is 0 Å². The van der Waals surface area contributed by atoms with E-state index in [0.29, 0.717) is 11.3 Å². The van der Waals surface area contributed by atoms with Crippen LogP contribution in [0.25, 0.3) is 0 Å². The van der Waals surface area contributed by atoms with E-state index in [9.17, 15) is 0 Å². The highest BCUT2D eigenvalue weighted by Gasteiger charge is 2.12. The van der Waals surface area contributed by atoms with E-state index in [-0.39, 0.29) is 0 Å². The lowest BCUT2D eigenvalue weighted by Gasteiger charge is -2.22. The van der Waals surface area contributed by atoms with Crippen LogP contribution in [0.3, 0.4) is 0 Å². The highest BCUT2D eigenvalue weighted by Crippen LogP contribution is 2.18. The van der Waals surface area contributed by atoms with E-state index in [1.165, 1.54) is 0 Å². The summed E-state index contributed by atoms with van der Waals surface area (Å²) in [5.41, 5.74) is 8.00. The molecule has 0 saturated heterocycles. The van der Waals surface area contributed by atoms with Gasteiger partial charge in [0.1, 0.15) is 6.07 Å². The zero-order valence-corrected chi connectivity index (χ0v) is 8.17. The molecule has 0 spiro atoms. The van der Waals surface area contributed by atoms with Crippen molar-refractivity contribution in [1.82, 2.24) is 4.81 Å². The summed E-state index contributed by atoms with van der Waals surface area (Å²) >= 11 is 0. The first-order chi connectivity index (χ1) is 6.15. The van der Waals surface area contributed by atoms with Crippen molar-refractivity contribution >= 4 is 7.98 Å². The molecule has 4 heteroatoms. The summed E-state index contributed by atoms with van der Waals surface area (Å²) < 4.78 is 0. The van der Waals surface area contributed by atoms with E-state index in [1.807, 2.05) is 0 Å². The topological polar surface area (TPSA) is 53.0 Å². The molecule has 1 heterocycles. The number of nitrogens with zero attached hydrogens (tertiary/aromatic N) is 2. The van der Waals surface area contributed by atoms with Gasteiger partial charge in [0.05, 0.1) is 5.57 Å². The Hall–Kier alpha value is -1.21. The van der Waals surface area contributed by atoms with Crippen LogP contribution in [0.1, 0.15) is 13.3 Å². The molecule has 0 aromatic carbocycles. The molecule has 13 heavy (non-hydrogen) atoms. The number of nitriles is 1. The Labute approximate surface area is 79.9 Å². The van der Waals surface area contributed by atoms with Gasteiger partial charge >= 0.3 is 0 Å². The first kappa shape index (κ1) is 9.88. The summed E-state index contributed by atoms with van der Waals surface area (Å²) in [7, 11) is 2.07. The number of allylic oxidation sites excluding steroid dienone is 2. The molecule has 0 bridgehead atoms. The third-order valence-corrected chi connectivity index (χ3v) is 2.24. The molecule has 0 unspecified atom stereocenters. The highest BCUT2D eigenvalue weighted by atomic mass is 15.0. The van der Waals surface area contributed by atoms with E-state index in [0.717, 1.165) is 25.1 Å². The number of rotatable bonds is 1. The van der Waals surface area contributed by atoms with Gasteiger partial charge < -0.3 is 10.5 Å². The zero-order valence-electron chi connectivity index (χ0n) is 8.17. The Morgan fingerprint density at radius 1 is 1.77 bits per heavy atom. The fourth-order valence-corrected chi connectivity index (χ4v) is 1.41. The molecule has 0 aromatic rings. The molecule has 0 atom stereocenters. The van der Waals surface area contributed by atoms with Gasteiger partial charge in [0, 0.05) is 12.2 Å². The lowest BCUT2D eigenvalue weighted by molar-refractivity contribution is 0.483. The Bertz CT molecular complexity index is 294. The molecule has 3 nitrogen and oxygen atoms in total. The van der Waals surface area contributed by atoms with E-state index in [1.54, 1.807) is 6.92 Å². The van der Waals surface area contributed by atoms with E-state index >= 15 is 0 Å².